The summed E-state index contributed by atoms with van der Waals surface area (Å²) in [5.41, 5.74) is 1.15. The first-order chi connectivity index (χ1) is 9.13. The van der Waals surface area contributed by atoms with Gasteiger partial charge in [0.25, 0.3) is 0 Å². The molecule has 1 fully saturated rings. The van der Waals surface area contributed by atoms with Crippen LogP contribution in [0.15, 0.2) is 18.2 Å². The molecule has 0 bridgehead atoms. The molecule has 1 aliphatic rings. The maximum absolute atomic E-state index is 13.8. The van der Waals surface area contributed by atoms with Gasteiger partial charge in [0.2, 0.25) is 0 Å². The van der Waals surface area contributed by atoms with Crippen molar-refractivity contribution in [1.29, 1.82) is 0 Å². The van der Waals surface area contributed by atoms with Crippen LogP contribution < -0.4 is 4.90 Å². The van der Waals surface area contributed by atoms with E-state index in [1.165, 1.54) is 6.07 Å². The molecule has 1 atom stereocenters. The molecule has 0 radical (unpaired) electrons. The maximum Gasteiger partial charge on any atom is 0.131 e. The van der Waals surface area contributed by atoms with Crippen LogP contribution in [0.3, 0.4) is 0 Å². The van der Waals surface area contributed by atoms with Crippen molar-refractivity contribution in [3.05, 3.63) is 29.6 Å². The highest BCUT2D eigenvalue weighted by atomic mass is 19.1. The van der Waals surface area contributed by atoms with Crippen LogP contribution in [-0.4, -0.2) is 54.4 Å². The van der Waals surface area contributed by atoms with Crippen molar-refractivity contribution in [2.75, 3.05) is 44.2 Å². The minimum Gasteiger partial charge on any atom is -0.395 e. The standard InChI is InChI=1S/C14H21FN2O2/c1-11(19)14-12(15)3-2-4-13(14)17-7-5-16(6-8-17)9-10-18/h2-4,11,18-19H,5-10H2,1H3/t11-/m0/s1. The zero-order valence-electron chi connectivity index (χ0n) is 11.2. The van der Waals surface area contributed by atoms with E-state index in [1.54, 1.807) is 13.0 Å². The Morgan fingerprint density at radius 2 is 1.95 bits per heavy atom. The lowest BCUT2D eigenvalue weighted by Gasteiger charge is -2.37. The van der Waals surface area contributed by atoms with Gasteiger partial charge in [0, 0.05) is 44.0 Å². The predicted molar refractivity (Wildman–Crippen MR) is 72.8 cm³/mol. The van der Waals surface area contributed by atoms with Crippen molar-refractivity contribution in [3.8, 4) is 0 Å². The van der Waals surface area contributed by atoms with Crippen LogP contribution in [0.1, 0.15) is 18.6 Å². The molecule has 0 unspecified atom stereocenters. The molecule has 1 saturated heterocycles. The van der Waals surface area contributed by atoms with Crippen molar-refractivity contribution < 1.29 is 14.6 Å². The number of benzene rings is 1. The zero-order chi connectivity index (χ0) is 13.8. The largest absolute Gasteiger partial charge is 0.395 e. The van der Waals surface area contributed by atoms with Crippen LogP contribution in [0, 0.1) is 5.82 Å². The second kappa shape index (κ2) is 6.32. The first-order valence-corrected chi connectivity index (χ1v) is 6.68. The number of anilines is 1. The van der Waals surface area contributed by atoms with E-state index in [9.17, 15) is 9.50 Å². The maximum atomic E-state index is 13.8. The quantitative estimate of drug-likeness (QED) is 0.855. The molecule has 1 aliphatic heterocycles. The van der Waals surface area contributed by atoms with Crippen LogP contribution >= 0.6 is 0 Å². The lowest BCUT2D eigenvalue weighted by atomic mass is 10.1. The monoisotopic (exact) mass is 268 g/mol. The molecule has 0 amide bonds. The first kappa shape index (κ1) is 14.2. The highest BCUT2D eigenvalue weighted by Gasteiger charge is 2.22. The molecule has 1 heterocycles. The number of halogens is 1. The average Bonchev–Trinajstić information content (AvgIpc) is 2.39. The summed E-state index contributed by atoms with van der Waals surface area (Å²) in [6.45, 7) is 5.68. The van der Waals surface area contributed by atoms with E-state index in [2.05, 4.69) is 9.80 Å². The fourth-order valence-corrected chi connectivity index (χ4v) is 2.57. The summed E-state index contributed by atoms with van der Waals surface area (Å²) in [6, 6.07) is 4.91. The molecule has 2 rings (SSSR count). The van der Waals surface area contributed by atoms with E-state index in [0.29, 0.717) is 12.1 Å². The molecule has 2 N–H and O–H groups in total. The fourth-order valence-electron chi connectivity index (χ4n) is 2.57. The number of aliphatic hydroxyl groups is 2. The molecular formula is C14H21FN2O2. The number of rotatable bonds is 4. The molecule has 19 heavy (non-hydrogen) atoms. The second-order valence-corrected chi connectivity index (χ2v) is 4.90. The highest BCUT2D eigenvalue weighted by molar-refractivity contribution is 5.55. The summed E-state index contributed by atoms with van der Waals surface area (Å²) in [6.07, 6.45) is -0.813. The number of aliphatic hydroxyl groups excluding tert-OH is 2. The molecule has 106 valence electrons. The third-order valence-electron chi connectivity index (χ3n) is 3.58. The average molecular weight is 268 g/mol. The van der Waals surface area contributed by atoms with Gasteiger partial charge in [-0.3, -0.25) is 4.90 Å². The Hall–Kier alpha value is -1.17. The Balaban J connectivity index is 2.13. The molecule has 1 aromatic carbocycles. The molecule has 0 spiro atoms. The summed E-state index contributed by atoms with van der Waals surface area (Å²) in [5.74, 6) is -0.356. The van der Waals surface area contributed by atoms with Crippen molar-refractivity contribution >= 4 is 5.69 Å². The lowest BCUT2D eigenvalue weighted by Crippen LogP contribution is -2.47. The van der Waals surface area contributed by atoms with Crippen LogP contribution in [0.5, 0.6) is 0 Å². The fraction of sp³-hybridized carbons (Fsp3) is 0.571. The molecular weight excluding hydrogens is 247 g/mol. The lowest BCUT2D eigenvalue weighted by molar-refractivity contribution is 0.185. The van der Waals surface area contributed by atoms with Crippen molar-refractivity contribution in [2.45, 2.75) is 13.0 Å². The summed E-state index contributed by atoms with van der Waals surface area (Å²) in [7, 11) is 0. The molecule has 0 aromatic heterocycles. The number of hydrogen-bond donors (Lipinski definition) is 2. The van der Waals surface area contributed by atoms with Gasteiger partial charge in [0.1, 0.15) is 5.82 Å². The van der Waals surface area contributed by atoms with E-state index in [4.69, 9.17) is 5.11 Å². The molecule has 5 heteroatoms. The number of β-amino-alcohol motifs (C(OH)–C–C–N with tert-alkyl or cyclic N) is 1. The van der Waals surface area contributed by atoms with Gasteiger partial charge in [0.05, 0.1) is 12.7 Å². The van der Waals surface area contributed by atoms with Gasteiger partial charge in [-0.2, -0.15) is 0 Å². The number of piperazine rings is 1. The van der Waals surface area contributed by atoms with Gasteiger partial charge in [-0.15, -0.1) is 0 Å². The SMILES string of the molecule is C[C@H](O)c1c(F)cccc1N1CCN(CCO)CC1. The minimum absolute atomic E-state index is 0.166. The molecule has 0 saturated carbocycles. The molecule has 0 aliphatic carbocycles. The highest BCUT2D eigenvalue weighted by Crippen LogP contribution is 2.29. The smallest absolute Gasteiger partial charge is 0.131 e. The Kier molecular flexibility index (Phi) is 4.74. The van der Waals surface area contributed by atoms with Crippen molar-refractivity contribution in [1.82, 2.24) is 4.90 Å². The van der Waals surface area contributed by atoms with Gasteiger partial charge >= 0.3 is 0 Å². The third kappa shape index (κ3) is 3.23. The topological polar surface area (TPSA) is 46.9 Å². The Bertz CT molecular complexity index is 418. The van der Waals surface area contributed by atoms with E-state index < -0.39 is 6.10 Å². The first-order valence-electron chi connectivity index (χ1n) is 6.68. The van der Waals surface area contributed by atoms with Crippen molar-refractivity contribution in [2.24, 2.45) is 0 Å². The Labute approximate surface area is 113 Å². The van der Waals surface area contributed by atoms with E-state index >= 15 is 0 Å². The zero-order valence-corrected chi connectivity index (χ0v) is 11.2. The molecule has 1 aromatic rings. The van der Waals surface area contributed by atoms with Crippen LogP contribution in [0.2, 0.25) is 0 Å². The van der Waals surface area contributed by atoms with Gasteiger partial charge in [-0.25, -0.2) is 4.39 Å². The normalized spacial score (nSPS) is 18.6. The third-order valence-corrected chi connectivity index (χ3v) is 3.58. The predicted octanol–water partition coefficient (Wildman–Crippen LogP) is 0.993. The summed E-state index contributed by atoms with van der Waals surface area (Å²) < 4.78 is 13.8. The van der Waals surface area contributed by atoms with E-state index in [-0.39, 0.29) is 12.4 Å². The van der Waals surface area contributed by atoms with Crippen molar-refractivity contribution in [3.63, 3.8) is 0 Å². The number of hydrogen-bond acceptors (Lipinski definition) is 4. The van der Waals surface area contributed by atoms with E-state index in [1.807, 2.05) is 6.07 Å². The minimum atomic E-state index is -0.813. The number of nitrogens with zero attached hydrogens (tertiary/aromatic N) is 2. The van der Waals surface area contributed by atoms with Gasteiger partial charge in [-0.05, 0) is 19.1 Å². The van der Waals surface area contributed by atoms with Gasteiger partial charge in [-0.1, -0.05) is 6.07 Å². The van der Waals surface area contributed by atoms with Crippen LogP contribution in [0.4, 0.5) is 10.1 Å². The summed E-state index contributed by atoms with van der Waals surface area (Å²) >= 11 is 0. The van der Waals surface area contributed by atoms with Crippen LogP contribution in [0.25, 0.3) is 0 Å². The van der Waals surface area contributed by atoms with E-state index in [0.717, 1.165) is 31.9 Å². The summed E-state index contributed by atoms with van der Waals surface area (Å²) in [5, 5.41) is 18.7. The summed E-state index contributed by atoms with van der Waals surface area (Å²) in [4.78, 5) is 4.27. The van der Waals surface area contributed by atoms with Crippen LogP contribution in [-0.2, 0) is 0 Å². The van der Waals surface area contributed by atoms with Gasteiger partial charge < -0.3 is 15.1 Å². The Morgan fingerprint density at radius 1 is 1.26 bits per heavy atom. The second-order valence-electron chi connectivity index (χ2n) is 4.90. The molecule has 4 nitrogen and oxygen atoms in total. The Morgan fingerprint density at radius 3 is 2.53 bits per heavy atom. The van der Waals surface area contributed by atoms with Gasteiger partial charge in [0.15, 0.2) is 0 Å².